The van der Waals surface area contributed by atoms with Gasteiger partial charge < -0.3 is 10.0 Å². The Morgan fingerprint density at radius 1 is 1.12 bits per heavy atom. The number of hydrogen-bond acceptors (Lipinski definition) is 2. The second kappa shape index (κ2) is 8.93. The quantitative estimate of drug-likeness (QED) is 0.680. The van der Waals surface area contributed by atoms with Crippen molar-refractivity contribution in [1.82, 2.24) is 4.90 Å². The maximum Gasteiger partial charge on any atom is 0.123 e. The van der Waals surface area contributed by atoms with Gasteiger partial charge in [0.15, 0.2) is 0 Å². The van der Waals surface area contributed by atoms with E-state index in [1.165, 1.54) is 17.7 Å². The van der Waals surface area contributed by atoms with Gasteiger partial charge in [-0.25, -0.2) is 4.39 Å². The molecular formula is C21H27BrFNO. The zero-order valence-corrected chi connectivity index (χ0v) is 16.8. The summed E-state index contributed by atoms with van der Waals surface area (Å²) < 4.78 is 14.5. The lowest BCUT2D eigenvalue weighted by Crippen LogP contribution is -2.27. The highest BCUT2D eigenvalue weighted by Crippen LogP contribution is 2.39. The Morgan fingerprint density at radius 3 is 2.40 bits per heavy atom. The molecule has 0 saturated heterocycles. The molecule has 2 nitrogen and oxygen atoms in total. The Hall–Kier alpha value is -1.23. The predicted octanol–water partition coefficient (Wildman–Crippen LogP) is 4.77. The van der Waals surface area contributed by atoms with Crippen LogP contribution in [0.2, 0.25) is 0 Å². The molecule has 0 saturated carbocycles. The van der Waals surface area contributed by atoms with E-state index in [1.807, 2.05) is 18.2 Å². The summed E-state index contributed by atoms with van der Waals surface area (Å²) in [6.45, 7) is 3.34. The van der Waals surface area contributed by atoms with Crippen molar-refractivity contribution in [3.63, 3.8) is 0 Å². The molecule has 0 spiro atoms. The van der Waals surface area contributed by atoms with Gasteiger partial charge in [0.1, 0.15) is 5.82 Å². The molecule has 2 aromatic rings. The fourth-order valence-electron chi connectivity index (χ4n) is 3.43. The molecule has 1 N–H and O–H groups in total. The highest BCUT2D eigenvalue weighted by Gasteiger charge is 2.30. The summed E-state index contributed by atoms with van der Waals surface area (Å²) in [6.07, 6.45) is 2.60. The topological polar surface area (TPSA) is 23.5 Å². The molecule has 0 aliphatic heterocycles. The van der Waals surface area contributed by atoms with Gasteiger partial charge in [-0.15, -0.1) is 0 Å². The van der Waals surface area contributed by atoms with Crippen molar-refractivity contribution >= 4 is 15.9 Å². The summed E-state index contributed by atoms with van der Waals surface area (Å²) in [4.78, 5) is 2.18. The zero-order valence-electron chi connectivity index (χ0n) is 15.2. The number of hydrogen-bond donors (Lipinski definition) is 1. The van der Waals surface area contributed by atoms with Crippen LogP contribution in [-0.4, -0.2) is 37.3 Å². The number of aliphatic hydroxyl groups is 1. The molecule has 2 rings (SSSR count). The van der Waals surface area contributed by atoms with Crippen LogP contribution < -0.4 is 0 Å². The first kappa shape index (κ1) is 20.1. The van der Waals surface area contributed by atoms with Crippen LogP contribution in [0.15, 0.2) is 46.9 Å². The maximum absolute atomic E-state index is 13.4. The molecule has 0 amide bonds. The van der Waals surface area contributed by atoms with Gasteiger partial charge in [0.2, 0.25) is 0 Å². The van der Waals surface area contributed by atoms with Crippen LogP contribution in [0.25, 0.3) is 0 Å². The highest BCUT2D eigenvalue weighted by atomic mass is 79.9. The maximum atomic E-state index is 13.4. The minimum Gasteiger partial charge on any atom is -0.396 e. The average Bonchev–Trinajstić information content (AvgIpc) is 2.55. The van der Waals surface area contributed by atoms with Gasteiger partial charge in [0.25, 0.3) is 0 Å². The van der Waals surface area contributed by atoms with Crippen molar-refractivity contribution < 1.29 is 9.50 Å². The lowest BCUT2D eigenvalue weighted by atomic mass is 9.71. The summed E-state index contributed by atoms with van der Waals surface area (Å²) in [5, 5.41) is 9.49. The second-order valence-corrected chi connectivity index (χ2v) is 7.94. The molecule has 0 aliphatic rings. The summed E-state index contributed by atoms with van der Waals surface area (Å²) >= 11 is 3.53. The third-order valence-corrected chi connectivity index (χ3v) is 5.30. The molecule has 0 fully saturated rings. The first-order valence-electron chi connectivity index (χ1n) is 8.67. The summed E-state index contributed by atoms with van der Waals surface area (Å²) in [7, 11) is 4.15. The van der Waals surface area contributed by atoms with Gasteiger partial charge in [-0.2, -0.15) is 0 Å². The summed E-state index contributed by atoms with van der Waals surface area (Å²) in [6, 6.07) is 13.1. The first-order valence-corrected chi connectivity index (χ1v) is 9.46. The van der Waals surface area contributed by atoms with E-state index in [9.17, 15) is 9.50 Å². The molecular weight excluding hydrogens is 381 g/mol. The molecule has 136 valence electrons. The third kappa shape index (κ3) is 5.13. The Bertz CT molecular complexity index is 687. The molecule has 1 unspecified atom stereocenters. The number of aliphatic hydroxyl groups excluding tert-OH is 1. The van der Waals surface area contributed by atoms with Gasteiger partial charge in [-0.05, 0) is 80.9 Å². The molecule has 25 heavy (non-hydrogen) atoms. The Morgan fingerprint density at radius 2 is 1.80 bits per heavy atom. The molecule has 4 heteroatoms. The van der Waals surface area contributed by atoms with Crippen molar-refractivity contribution in [3.8, 4) is 0 Å². The van der Waals surface area contributed by atoms with Crippen molar-refractivity contribution in [2.24, 2.45) is 0 Å². The molecule has 0 aliphatic carbocycles. The summed E-state index contributed by atoms with van der Waals surface area (Å²) in [5.74, 6) is -0.217. The molecule has 0 bridgehead atoms. The molecule has 1 atom stereocenters. The fourth-order valence-corrected chi connectivity index (χ4v) is 3.84. The lowest BCUT2D eigenvalue weighted by molar-refractivity contribution is 0.298. The number of nitrogens with zero attached hydrogens (tertiary/aromatic N) is 1. The third-order valence-electron chi connectivity index (χ3n) is 4.81. The van der Waals surface area contributed by atoms with Crippen molar-refractivity contribution in [1.29, 1.82) is 0 Å². The lowest BCUT2D eigenvalue weighted by Gasteiger charge is -2.34. The van der Waals surface area contributed by atoms with Crippen LogP contribution in [0.1, 0.15) is 36.5 Å². The van der Waals surface area contributed by atoms with E-state index in [0.717, 1.165) is 35.0 Å². The van der Waals surface area contributed by atoms with Crippen molar-refractivity contribution in [3.05, 3.63) is 69.4 Å². The minimum atomic E-state index is -0.227. The summed E-state index contributed by atoms with van der Waals surface area (Å²) in [5.41, 5.74) is 3.22. The first-order chi connectivity index (χ1) is 11.9. The van der Waals surface area contributed by atoms with Crippen LogP contribution in [-0.2, 0) is 11.8 Å². The van der Waals surface area contributed by atoms with E-state index in [2.05, 4.69) is 54.0 Å². The van der Waals surface area contributed by atoms with Crippen LogP contribution in [0.5, 0.6) is 0 Å². The van der Waals surface area contributed by atoms with Crippen molar-refractivity contribution in [2.75, 3.05) is 27.2 Å². The molecule has 0 aromatic heterocycles. The van der Waals surface area contributed by atoms with E-state index in [0.29, 0.717) is 6.42 Å². The van der Waals surface area contributed by atoms with Crippen LogP contribution >= 0.6 is 15.9 Å². The smallest absolute Gasteiger partial charge is 0.123 e. The van der Waals surface area contributed by atoms with E-state index in [4.69, 9.17) is 0 Å². The van der Waals surface area contributed by atoms with E-state index >= 15 is 0 Å². The van der Waals surface area contributed by atoms with E-state index in [1.54, 1.807) is 0 Å². The molecule has 0 heterocycles. The molecule has 0 radical (unpaired) electrons. The van der Waals surface area contributed by atoms with Gasteiger partial charge >= 0.3 is 0 Å². The number of halogens is 2. The van der Waals surface area contributed by atoms with E-state index in [-0.39, 0.29) is 17.8 Å². The van der Waals surface area contributed by atoms with Crippen LogP contribution in [0, 0.1) is 5.82 Å². The monoisotopic (exact) mass is 407 g/mol. The predicted molar refractivity (Wildman–Crippen MR) is 106 cm³/mol. The zero-order chi connectivity index (χ0) is 18.4. The fraction of sp³-hybridized carbons (Fsp3) is 0.429. The second-order valence-electron chi connectivity index (χ2n) is 7.02. The van der Waals surface area contributed by atoms with Crippen LogP contribution in [0.4, 0.5) is 4.39 Å². The Balaban J connectivity index is 2.48. The largest absolute Gasteiger partial charge is 0.396 e. The Kier molecular flexibility index (Phi) is 7.17. The SMILES string of the molecule is CN(C)CCCC(C)(c1ccc(F)cc1)c1ccc(Br)cc1CCO. The molecule has 2 aromatic carbocycles. The minimum absolute atomic E-state index is 0.112. The average molecular weight is 408 g/mol. The standard InChI is InChI=1S/C21H27BrFNO/c1-21(12-4-13-24(2)3,17-5-8-19(23)9-6-17)20-10-7-18(22)15-16(20)11-14-25/h5-10,15,25H,4,11-14H2,1-3H3. The van der Waals surface area contributed by atoms with Crippen molar-refractivity contribution in [2.45, 2.75) is 31.6 Å². The number of benzene rings is 2. The Labute approximate surface area is 158 Å². The van der Waals surface area contributed by atoms with Gasteiger partial charge in [0, 0.05) is 16.5 Å². The van der Waals surface area contributed by atoms with E-state index < -0.39 is 0 Å². The van der Waals surface area contributed by atoms with Crippen LogP contribution in [0.3, 0.4) is 0 Å². The highest BCUT2D eigenvalue weighted by molar-refractivity contribution is 9.10. The van der Waals surface area contributed by atoms with Gasteiger partial charge in [-0.3, -0.25) is 0 Å². The normalized spacial score (nSPS) is 13.9. The van der Waals surface area contributed by atoms with Gasteiger partial charge in [0.05, 0.1) is 0 Å². The number of rotatable bonds is 8. The van der Waals surface area contributed by atoms with Gasteiger partial charge in [-0.1, -0.05) is 41.1 Å².